The van der Waals surface area contributed by atoms with Gasteiger partial charge in [0.2, 0.25) is 11.8 Å². The number of hydrogen-bond donors (Lipinski definition) is 1. The van der Waals surface area contributed by atoms with Crippen LogP contribution in [0.15, 0.2) is 0 Å². The molecule has 1 unspecified atom stereocenters. The van der Waals surface area contributed by atoms with Crippen molar-refractivity contribution < 1.29 is 9.59 Å². The van der Waals surface area contributed by atoms with Gasteiger partial charge in [0.15, 0.2) is 0 Å². The first-order valence-electron chi connectivity index (χ1n) is 10.2. The predicted octanol–water partition coefficient (Wildman–Crippen LogP) is 3.11. The number of carbonyl (C=O) groups is 2. The molecule has 1 N–H and O–H groups in total. The third kappa shape index (κ3) is 3.21. The minimum absolute atomic E-state index is 0.0179. The third-order valence-corrected chi connectivity index (χ3v) is 7.27. The number of carbonyl (C=O) groups excluding carboxylic acids is 2. The van der Waals surface area contributed by atoms with Gasteiger partial charge in [0, 0.05) is 31.5 Å². The lowest BCUT2D eigenvalue weighted by molar-refractivity contribution is -0.148. The SMILES string of the molecule is O=C1CCC[C@@H](C(=O)N2CC3(CCC(C4CCCCC4)C3)C2)CN1. The topological polar surface area (TPSA) is 49.4 Å². The highest BCUT2D eigenvalue weighted by Crippen LogP contribution is 2.52. The Morgan fingerprint density at radius 2 is 1.79 bits per heavy atom. The molecule has 2 amide bonds. The van der Waals surface area contributed by atoms with E-state index < -0.39 is 0 Å². The highest BCUT2D eigenvalue weighted by atomic mass is 16.2. The number of rotatable bonds is 2. The minimum Gasteiger partial charge on any atom is -0.355 e. The third-order valence-electron chi connectivity index (χ3n) is 7.27. The van der Waals surface area contributed by atoms with E-state index in [-0.39, 0.29) is 11.8 Å². The highest BCUT2D eigenvalue weighted by Gasteiger charge is 2.51. The summed E-state index contributed by atoms with van der Waals surface area (Å²) in [6.07, 6.45) is 13.6. The lowest BCUT2D eigenvalue weighted by Crippen LogP contribution is -2.59. The van der Waals surface area contributed by atoms with Gasteiger partial charge in [-0.1, -0.05) is 32.1 Å². The molecule has 0 aromatic carbocycles. The van der Waals surface area contributed by atoms with Crippen molar-refractivity contribution in [1.82, 2.24) is 10.2 Å². The second-order valence-corrected chi connectivity index (χ2v) is 8.99. The van der Waals surface area contributed by atoms with Gasteiger partial charge in [0.25, 0.3) is 0 Å². The molecule has 2 atom stereocenters. The van der Waals surface area contributed by atoms with Gasteiger partial charge in [-0.05, 0) is 43.9 Å². The predicted molar refractivity (Wildman–Crippen MR) is 93.3 cm³/mol. The Balaban J connectivity index is 1.28. The van der Waals surface area contributed by atoms with Gasteiger partial charge < -0.3 is 10.2 Å². The van der Waals surface area contributed by atoms with Crippen LogP contribution in [0.1, 0.15) is 70.6 Å². The first kappa shape index (κ1) is 16.4. The van der Waals surface area contributed by atoms with E-state index in [0.717, 1.165) is 37.8 Å². The van der Waals surface area contributed by atoms with Gasteiger partial charge in [-0.15, -0.1) is 0 Å². The Kier molecular flexibility index (Phi) is 4.57. The standard InChI is InChI=1S/C20H32N2O2/c23-18-8-4-7-17(12-21-18)19(24)22-13-20(14-22)10-9-16(11-20)15-5-2-1-3-6-15/h15-17H,1-14H2,(H,21,23)/t16?,17-/m1/s1. The fraction of sp³-hybridized carbons (Fsp3) is 0.900. The summed E-state index contributed by atoms with van der Waals surface area (Å²) in [5.41, 5.74) is 0.450. The smallest absolute Gasteiger partial charge is 0.227 e. The van der Waals surface area contributed by atoms with Crippen LogP contribution in [0, 0.1) is 23.2 Å². The van der Waals surface area contributed by atoms with E-state index in [9.17, 15) is 9.59 Å². The lowest BCUT2D eigenvalue weighted by Gasteiger charge is -2.50. The zero-order valence-corrected chi connectivity index (χ0v) is 14.9. The second kappa shape index (κ2) is 6.68. The monoisotopic (exact) mass is 332 g/mol. The molecule has 0 radical (unpaired) electrons. The molecule has 0 bridgehead atoms. The van der Waals surface area contributed by atoms with Crippen LogP contribution in [0.2, 0.25) is 0 Å². The molecule has 2 saturated heterocycles. The van der Waals surface area contributed by atoms with E-state index in [1.54, 1.807) is 0 Å². The van der Waals surface area contributed by atoms with Crippen molar-refractivity contribution in [2.75, 3.05) is 19.6 Å². The average molecular weight is 332 g/mol. The van der Waals surface area contributed by atoms with E-state index in [1.165, 1.54) is 51.4 Å². The maximum Gasteiger partial charge on any atom is 0.227 e. The van der Waals surface area contributed by atoms with Crippen LogP contribution in [-0.2, 0) is 9.59 Å². The van der Waals surface area contributed by atoms with Crippen molar-refractivity contribution in [3.05, 3.63) is 0 Å². The average Bonchev–Trinajstić information content (AvgIpc) is 2.91. The number of hydrogen-bond acceptors (Lipinski definition) is 2. The van der Waals surface area contributed by atoms with Crippen molar-refractivity contribution in [3.63, 3.8) is 0 Å². The zero-order valence-electron chi connectivity index (χ0n) is 14.9. The molecule has 0 aromatic heterocycles. The van der Waals surface area contributed by atoms with Crippen molar-refractivity contribution in [2.24, 2.45) is 23.2 Å². The molecular weight excluding hydrogens is 300 g/mol. The lowest BCUT2D eigenvalue weighted by atomic mass is 9.73. The number of likely N-dealkylation sites (tertiary alicyclic amines) is 1. The molecule has 24 heavy (non-hydrogen) atoms. The van der Waals surface area contributed by atoms with Crippen molar-refractivity contribution in [2.45, 2.75) is 70.6 Å². The fourth-order valence-electron chi connectivity index (χ4n) is 5.87. The van der Waals surface area contributed by atoms with Gasteiger partial charge in [0.1, 0.15) is 0 Å². The largest absolute Gasteiger partial charge is 0.355 e. The van der Waals surface area contributed by atoms with Crippen LogP contribution >= 0.6 is 0 Å². The number of nitrogens with one attached hydrogen (secondary N) is 1. The molecule has 4 heteroatoms. The van der Waals surface area contributed by atoms with E-state index in [1.807, 2.05) is 0 Å². The second-order valence-electron chi connectivity index (χ2n) is 8.99. The summed E-state index contributed by atoms with van der Waals surface area (Å²) in [4.78, 5) is 26.3. The zero-order chi connectivity index (χ0) is 16.6. The molecule has 4 fully saturated rings. The molecule has 2 aliphatic heterocycles. The van der Waals surface area contributed by atoms with Crippen LogP contribution in [0.4, 0.5) is 0 Å². The number of amides is 2. The van der Waals surface area contributed by atoms with E-state index in [2.05, 4.69) is 10.2 Å². The summed E-state index contributed by atoms with van der Waals surface area (Å²) >= 11 is 0. The summed E-state index contributed by atoms with van der Waals surface area (Å²) in [7, 11) is 0. The Hall–Kier alpha value is -1.06. The summed E-state index contributed by atoms with van der Waals surface area (Å²) in [5, 5.41) is 2.90. The minimum atomic E-state index is 0.0179. The van der Waals surface area contributed by atoms with Gasteiger partial charge in [-0.3, -0.25) is 9.59 Å². The van der Waals surface area contributed by atoms with Crippen LogP contribution in [0.3, 0.4) is 0 Å². The summed E-state index contributed by atoms with van der Waals surface area (Å²) in [5.74, 6) is 2.32. The highest BCUT2D eigenvalue weighted by molar-refractivity contribution is 5.82. The molecule has 2 heterocycles. The van der Waals surface area contributed by atoms with E-state index >= 15 is 0 Å². The summed E-state index contributed by atoms with van der Waals surface area (Å²) < 4.78 is 0. The Labute approximate surface area is 145 Å². The maximum atomic E-state index is 12.7. The molecule has 134 valence electrons. The van der Waals surface area contributed by atoms with E-state index in [4.69, 9.17) is 0 Å². The van der Waals surface area contributed by atoms with Crippen molar-refractivity contribution in [3.8, 4) is 0 Å². The normalized spacial score (nSPS) is 33.8. The Morgan fingerprint density at radius 3 is 2.58 bits per heavy atom. The summed E-state index contributed by atoms with van der Waals surface area (Å²) in [6, 6.07) is 0. The Morgan fingerprint density at radius 1 is 1.00 bits per heavy atom. The van der Waals surface area contributed by atoms with Gasteiger partial charge in [-0.25, -0.2) is 0 Å². The molecule has 2 saturated carbocycles. The maximum absolute atomic E-state index is 12.7. The molecular formula is C20H32N2O2. The molecule has 0 aromatic rings. The molecule has 1 spiro atoms. The van der Waals surface area contributed by atoms with Gasteiger partial charge >= 0.3 is 0 Å². The van der Waals surface area contributed by atoms with Crippen LogP contribution in [-0.4, -0.2) is 36.3 Å². The van der Waals surface area contributed by atoms with E-state index in [0.29, 0.717) is 24.3 Å². The van der Waals surface area contributed by atoms with Crippen LogP contribution in [0.25, 0.3) is 0 Å². The molecule has 2 aliphatic carbocycles. The first-order chi connectivity index (χ1) is 11.7. The van der Waals surface area contributed by atoms with Crippen molar-refractivity contribution in [1.29, 1.82) is 0 Å². The fourth-order valence-corrected chi connectivity index (χ4v) is 5.87. The molecule has 4 aliphatic rings. The van der Waals surface area contributed by atoms with Crippen molar-refractivity contribution >= 4 is 11.8 Å². The van der Waals surface area contributed by atoms with Crippen LogP contribution < -0.4 is 5.32 Å². The molecule has 4 nitrogen and oxygen atoms in total. The molecule has 4 rings (SSSR count). The number of nitrogens with zero attached hydrogens (tertiary/aromatic N) is 1. The quantitative estimate of drug-likeness (QED) is 0.845. The van der Waals surface area contributed by atoms with Crippen LogP contribution in [0.5, 0.6) is 0 Å². The van der Waals surface area contributed by atoms with Gasteiger partial charge in [-0.2, -0.15) is 0 Å². The first-order valence-corrected chi connectivity index (χ1v) is 10.2. The van der Waals surface area contributed by atoms with Gasteiger partial charge in [0.05, 0.1) is 5.92 Å². The Bertz CT molecular complexity index is 492. The summed E-state index contributed by atoms with van der Waals surface area (Å²) in [6.45, 7) is 2.52.